The molecule has 1 heterocycles. The Bertz CT molecular complexity index is 473. The van der Waals surface area contributed by atoms with Crippen molar-refractivity contribution in [2.75, 3.05) is 0 Å². The number of aryl methyl sites for hydroxylation is 1. The summed E-state index contributed by atoms with van der Waals surface area (Å²) in [4.78, 5) is 1.64. The standard InChI is InChI=1S/C12H16N4/c1-9(13)6-11-4-3-5-12(7-11)16-14-8-10(2)15-16/h3-5,7-9H,6,13H2,1-2H3. The smallest absolute Gasteiger partial charge is 0.0859 e. The number of nitrogens with zero attached hydrogens (tertiary/aromatic N) is 3. The van der Waals surface area contributed by atoms with Crippen LogP contribution in [0.15, 0.2) is 30.5 Å². The lowest BCUT2D eigenvalue weighted by Gasteiger charge is -2.06. The first kappa shape index (κ1) is 10.8. The molecule has 1 aromatic heterocycles. The van der Waals surface area contributed by atoms with Crippen molar-refractivity contribution >= 4 is 0 Å². The molecule has 0 amide bonds. The number of hydrogen-bond donors (Lipinski definition) is 1. The molecule has 0 spiro atoms. The second kappa shape index (κ2) is 4.45. The number of benzene rings is 1. The topological polar surface area (TPSA) is 56.7 Å². The molecule has 0 aliphatic carbocycles. The average molecular weight is 216 g/mol. The summed E-state index contributed by atoms with van der Waals surface area (Å²) in [6.07, 6.45) is 2.62. The molecule has 0 aliphatic heterocycles. The van der Waals surface area contributed by atoms with Gasteiger partial charge in [-0.05, 0) is 38.0 Å². The monoisotopic (exact) mass is 216 g/mol. The Balaban J connectivity index is 2.28. The molecule has 16 heavy (non-hydrogen) atoms. The maximum Gasteiger partial charge on any atom is 0.0859 e. The molecule has 0 saturated heterocycles. The van der Waals surface area contributed by atoms with E-state index in [0.29, 0.717) is 0 Å². The van der Waals surface area contributed by atoms with E-state index in [9.17, 15) is 0 Å². The number of aromatic nitrogens is 3. The third-order valence-electron chi connectivity index (χ3n) is 2.31. The van der Waals surface area contributed by atoms with Crippen LogP contribution in [0.5, 0.6) is 0 Å². The minimum absolute atomic E-state index is 0.169. The Morgan fingerprint density at radius 3 is 2.88 bits per heavy atom. The zero-order chi connectivity index (χ0) is 11.5. The first-order valence-electron chi connectivity index (χ1n) is 5.39. The Morgan fingerprint density at radius 1 is 1.44 bits per heavy atom. The third kappa shape index (κ3) is 2.46. The summed E-state index contributed by atoms with van der Waals surface area (Å²) in [6, 6.07) is 8.31. The lowest BCUT2D eigenvalue weighted by atomic mass is 10.1. The van der Waals surface area contributed by atoms with Crippen LogP contribution in [0.25, 0.3) is 5.69 Å². The molecule has 4 nitrogen and oxygen atoms in total. The van der Waals surface area contributed by atoms with Gasteiger partial charge in [-0.25, -0.2) is 0 Å². The molecule has 84 valence electrons. The van der Waals surface area contributed by atoms with E-state index in [1.165, 1.54) is 5.56 Å². The molecule has 4 heteroatoms. The van der Waals surface area contributed by atoms with Gasteiger partial charge in [0.25, 0.3) is 0 Å². The van der Waals surface area contributed by atoms with Crippen molar-refractivity contribution in [1.82, 2.24) is 15.0 Å². The molecule has 0 fully saturated rings. The molecule has 0 saturated carbocycles. The van der Waals surface area contributed by atoms with Gasteiger partial charge in [0, 0.05) is 6.04 Å². The summed E-state index contributed by atoms with van der Waals surface area (Å²) in [6.45, 7) is 3.93. The van der Waals surface area contributed by atoms with Gasteiger partial charge in [-0.2, -0.15) is 15.0 Å². The first-order valence-corrected chi connectivity index (χ1v) is 5.39. The Hall–Kier alpha value is -1.68. The highest BCUT2D eigenvalue weighted by molar-refractivity contribution is 5.34. The molecular weight excluding hydrogens is 200 g/mol. The fourth-order valence-corrected chi connectivity index (χ4v) is 1.64. The van der Waals surface area contributed by atoms with Gasteiger partial charge < -0.3 is 5.73 Å². The molecule has 2 rings (SSSR count). The summed E-state index contributed by atoms with van der Waals surface area (Å²) in [7, 11) is 0. The van der Waals surface area contributed by atoms with Gasteiger partial charge in [-0.15, -0.1) is 0 Å². The molecule has 0 bridgehead atoms. The quantitative estimate of drug-likeness (QED) is 0.845. The highest BCUT2D eigenvalue weighted by Crippen LogP contribution is 2.10. The van der Waals surface area contributed by atoms with Crippen molar-refractivity contribution in [3.63, 3.8) is 0 Å². The van der Waals surface area contributed by atoms with Crippen molar-refractivity contribution < 1.29 is 0 Å². The van der Waals surface area contributed by atoms with Crippen molar-refractivity contribution in [2.24, 2.45) is 5.73 Å². The van der Waals surface area contributed by atoms with Gasteiger partial charge in [0.05, 0.1) is 17.6 Å². The zero-order valence-electron chi connectivity index (χ0n) is 9.59. The Labute approximate surface area is 95.1 Å². The molecule has 2 N–H and O–H groups in total. The van der Waals surface area contributed by atoms with Crippen LogP contribution in [0.4, 0.5) is 0 Å². The summed E-state index contributed by atoms with van der Waals surface area (Å²) in [5.74, 6) is 0. The predicted molar refractivity (Wildman–Crippen MR) is 63.4 cm³/mol. The van der Waals surface area contributed by atoms with Crippen molar-refractivity contribution in [2.45, 2.75) is 26.3 Å². The average Bonchev–Trinajstić information content (AvgIpc) is 2.64. The lowest BCUT2D eigenvalue weighted by Crippen LogP contribution is -2.17. The van der Waals surface area contributed by atoms with E-state index in [2.05, 4.69) is 22.3 Å². The van der Waals surface area contributed by atoms with E-state index in [1.807, 2.05) is 26.0 Å². The predicted octanol–water partition coefficient (Wildman–Crippen LogP) is 1.47. The second-order valence-corrected chi connectivity index (χ2v) is 4.13. The van der Waals surface area contributed by atoms with Crippen LogP contribution in [0.1, 0.15) is 18.2 Å². The molecule has 2 aromatic rings. The van der Waals surface area contributed by atoms with Gasteiger partial charge >= 0.3 is 0 Å². The molecular formula is C12H16N4. The van der Waals surface area contributed by atoms with Crippen LogP contribution in [0, 0.1) is 6.92 Å². The lowest BCUT2D eigenvalue weighted by molar-refractivity contribution is 0.725. The molecule has 1 unspecified atom stereocenters. The van der Waals surface area contributed by atoms with E-state index in [0.717, 1.165) is 17.8 Å². The highest BCUT2D eigenvalue weighted by Gasteiger charge is 2.02. The Kier molecular flexibility index (Phi) is 3.01. The summed E-state index contributed by atoms with van der Waals surface area (Å²) in [5.41, 5.74) is 8.88. The van der Waals surface area contributed by atoms with Crippen LogP contribution < -0.4 is 5.73 Å². The second-order valence-electron chi connectivity index (χ2n) is 4.13. The van der Waals surface area contributed by atoms with Crippen LogP contribution in [-0.4, -0.2) is 21.0 Å². The maximum atomic E-state index is 5.78. The largest absolute Gasteiger partial charge is 0.328 e. The molecule has 0 radical (unpaired) electrons. The molecule has 1 atom stereocenters. The van der Waals surface area contributed by atoms with Gasteiger partial charge in [-0.3, -0.25) is 0 Å². The van der Waals surface area contributed by atoms with Gasteiger partial charge in [0.15, 0.2) is 0 Å². The van der Waals surface area contributed by atoms with Crippen molar-refractivity contribution in [3.8, 4) is 5.69 Å². The van der Waals surface area contributed by atoms with E-state index in [-0.39, 0.29) is 6.04 Å². The van der Waals surface area contributed by atoms with E-state index in [4.69, 9.17) is 5.73 Å². The van der Waals surface area contributed by atoms with Gasteiger partial charge in [0.2, 0.25) is 0 Å². The molecule has 1 aromatic carbocycles. The number of hydrogen-bond acceptors (Lipinski definition) is 3. The van der Waals surface area contributed by atoms with E-state index in [1.54, 1.807) is 11.0 Å². The highest BCUT2D eigenvalue weighted by atomic mass is 15.5. The number of nitrogens with two attached hydrogens (primary N) is 1. The van der Waals surface area contributed by atoms with Gasteiger partial charge in [-0.1, -0.05) is 12.1 Å². The fourth-order valence-electron chi connectivity index (χ4n) is 1.64. The minimum Gasteiger partial charge on any atom is -0.328 e. The summed E-state index contributed by atoms with van der Waals surface area (Å²) in [5, 5.41) is 8.46. The van der Waals surface area contributed by atoms with Crippen LogP contribution in [0.3, 0.4) is 0 Å². The SMILES string of the molecule is Cc1cnn(-c2cccc(CC(C)N)c2)n1. The number of rotatable bonds is 3. The first-order chi connectivity index (χ1) is 7.65. The normalized spacial score (nSPS) is 12.7. The van der Waals surface area contributed by atoms with Crippen LogP contribution in [0.2, 0.25) is 0 Å². The van der Waals surface area contributed by atoms with Crippen LogP contribution in [-0.2, 0) is 6.42 Å². The maximum absolute atomic E-state index is 5.78. The summed E-state index contributed by atoms with van der Waals surface area (Å²) >= 11 is 0. The van der Waals surface area contributed by atoms with Crippen LogP contribution >= 0.6 is 0 Å². The zero-order valence-corrected chi connectivity index (χ0v) is 9.59. The van der Waals surface area contributed by atoms with E-state index < -0.39 is 0 Å². The van der Waals surface area contributed by atoms with Crippen molar-refractivity contribution in [1.29, 1.82) is 0 Å². The van der Waals surface area contributed by atoms with Gasteiger partial charge in [0.1, 0.15) is 0 Å². The Morgan fingerprint density at radius 2 is 2.25 bits per heavy atom. The molecule has 0 aliphatic rings. The summed E-state index contributed by atoms with van der Waals surface area (Å²) < 4.78 is 0. The van der Waals surface area contributed by atoms with E-state index >= 15 is 0 Å². The minimum atomic E-state index is 0.169. The third-order valence-corrected chi connectivity index (χ3v) is 2.31. The fraction of sp³-hybridized carbons (Fsp3) is 0.333. The van der Waals surface area contributed by atoms with Crippen molar-refractivity contribution in [3.05, 3.63) is 41.7 Å².